The highest BCUT2D eigenvalue weighted by Gasteiger charge is 2.15. The van der Waals surface area contributed by atoms with Crippen LogP contribution in [0.25, 0.3) is 10.8 Å². The molecule has 0 bridgehead atoms. The second-order valence-corrected chi connectivity index (χ2v) is 6.25. The summed E-state index contributed by atoms with van der Waals surface area (Å²) < 4.78 is 1.59. The first-order chi connectivity index (χ1) is 12.1. The van der Waals surface area contributed by atoms with Gasteiger partial charge in [0, 0.05) is 17.6 Å². The molecule has 1 N–H and O–H groups in total. The van der Waals surface area contributed by atoms with Crippen molar-refractivity contribution < 1.29 is 4.79 Å². The van der Waals surface area contributed by atoms with Crippen LogP contribution < -0.4 is 10.9 Å². The van der Waals surface area contributed by atoms with Crippen LogP contribution in [0.15, 0.2) is 59.4 Å². The Kier molecular flexibility index (Phi) is 4.98. The molecule has 3 aromatic rings. The number of amides is 1. The van der Waals surface area contributed by atoms with Crippen LogP contribution in [0, 0.1) is 6.92 Å². The minimum absolute atomic E-state index is 0.111. The minimum Gasteiger partial charge on any atom is -0.321 e. The summed E-state index contributed by atoms with van der Waals surface area (Å²) in [5, 5.41) is 4.33. The molecule has 0 aliphatic carbocycles. The van der Waals surface area contributed by atoms with Crippen LogP contribution in [-0.4, -0.2) is 10.5 Å². The van der Waals surface area contributed by atoms with Gasteiger partial charge in [0.15, 0.2) is 0 Å². The summed E-state index contributed by atoms with van der Waals surface area (Å²) in [6.45, 7) is 4.60. The lowest BCUT2D eigenvalue weighted by atomic mass is 10.1. The summed E-state index contributed by atoms with van der Waals surface area (Å²) in [7, 11) is 0. The predicted octanol–water partition coefficient (Wildman–Crippen LogP) is 4.36. The molecule has 0 saturated carbocycles. The first-order valence-corrected chi connectivity index (χ1v) is 8.60. The van der Waals surface area contributed by atoms with Gasteiger partial charge in [-0.2, -0.15) is 0 Å². The number of nitrogens with zero attached hydrogens (tertiary/aromatic N) is 1. The summed E-state index contributed by atoms with van der Waals surface area (Å²) in [4.78, 5) is 25.6. The van der Waals surface area contributed by atoms with Crippen LogP contribution in [-0.2, 0) is 6.54 Å². The molecule has 1 aromatic heterocycles. The van der Waals surface area contributed by atoms with Gasteiger partial charge in [-0.15, -0.1) is 0 Å². The Morgan fingerprint density at radius 1 is 1.08 bits per heavy atom. The maximum Gasteiger partial charge on any atom is 0.272 e. The van der Waals surface area contributed by atoms with E-state index in [0.717, 1.165) is 29.5 Å². The van der Waals surface area contributed by atoms with Crippen molar-refractivity contribution in [1.29, 1.82) is 0 Å². The van der Waals surface area contributed by atoms with Crippen molar-refractivity contribution in [2.24, 2.45) is 0 Å². The van der Waals surface area contributed by atoms with E-state index in [1.165, 1.54) is 0 Å². The van der Waals surface area contributed by atoms with Gasteiger partial charge in [0.25, 0.3) is 11.5 Å². The van der Waals surface area contributed by atoms with E-state index < -0.39 is 0 Å². The number of hydrogen-bond donors (Lipinski definition) is 1. The number of unbranched alkanes of at least 4 members (excludes halogenated alkanes) is 1. The van der Waals surface area contributed by atoms with Crippen molar-refractivity contribution in [1.82, 2.24) is 4.57 Å². The maximum absolute atomic E-state index is 12.8. The number of benzene rings is 2. The third-order valence-corrected chi connectivity index (χ3v) is 4.30. The van der Waals surface area contributed by atoms with Gasteiger partial charge in [0.1, 0.15) is 5.69 Å². The summed E-state index contributed by atoms with van der Waals surface area (Å²) in [5.74, 6) is -0.261. The minimum atomic E-state index is -0.261. The van der Waals surface area contributed by atoms with Gasteiger partial charge >= 0.3 is 0 Å². The largest absolute Gasteiger partial charge is 0.321 e. The van der Waals surface area contributed by atoms with Crippen LogP contribution in [0.3, 0.4) is 0 Å². The van der Waals surface area contributed by atoms with Gasteiger partial charge in [-0.1, -0.05) is 49.2 Å². The number of hydrogen-bond acceptors (Lipinski definition) is 2. The number of anilines is 1. The van der Waals surface area contributed by atoms with Gasteiger partial charge in [0.05, 0.1) is 0 Å². The zero-order valence-corrected chi connectivity index (χ0v) is 14.6. The van der Waals surface area contributed by atoms with E-state index in [-0.39, 0.29) is 11.5 Å². The average Bonchev–Trinajstić information content (AvgIpc) is 2.62. The Balaban J connectivity index is 2.04. The van der Waals surface area contributed by atoms with E-state index in [2.05, 4.69) is 12.2 Å². The molecular formula is C21H22N2O2. The van der Waals surface area contributed by atoms with E-state index in [1.54, 1.807) is 10.6 Å². The molecule has 4 heteroatoms. The molecule has 0 fully saturated rings. The second kappa shape index (κ2) is 7.34. The number of pyridine rings is 1. The van der Waals surface area contributed by atoms with Crippen LogP contribution in [0.2, 0.25) is 0 Å². The molecule has 3 rings (SSSR count). The van der Waals surface area contributed by atoms with Gasteiger partial charge in [0.2, 0.25) is 0 Å². The van der Waals surface area contributed by atoms with Gasteiger partial charge < -0.3 is 9.88 Å². The summed E-state index contributed by atoms with van der Waals surface area (Å²) in [6, 6.07) is 16.8. The van der Waals surface area contributed by atoms with Crippen molar-refractivity contribution in [3.63, 3.8) is 0 Å². The van der Waals surface area contributed by atoms with E-state index in [4.69, 9.17) is 0 Å². The van der Waals surface area contributed by atoms with E-state index in [1.807, 2.05) is 55.5 Å². The zero-order valence-electron chi connectivity index (χ0n) is 14.6. The number of nitrogens with one attached hydrogen (secondary N) is 1. The average molecular weight is 334 g/mol. The summed E-state index contributed by atoms with van der Waals surface area (Å²) in [6.07, 6.45) is 1.81. The third kappa shape index (κ3) is 3.63. The molecule has 0 radical (unpaired) electrons. The fraction of sp³-hybridized carbons (Fsp3) is 0.238. The first-order valence-electron chi connectivity index (χ1n) is 8.60. The van der Waals surface area contributed by atoms with Crippen molar-refractivity contribution >= 4 is 22.4 Å². The Labute approximate surface area is 147 Å². The molecule has 0 saturated heterocycles. The fourth-order valence-electron chi connectivity index (χ4n) is 2.86. The summed E-state index contributed by atoms with van der Waals surface area (Å²) in [5.41, 5.74) is 2.14. The first kappa shape index (κ1) is 17.0. The van der Waals surface area contributed by atoms with E-state index >= 15 is 0 Å². The monoisotopic (exact) mass is 334 g/mol. The Morgan fingerprint density at radius 2 is 1.80 bits per heavy atom. The molecular weight excluding hydrogens is 312 g/mol. The van der Waals surface area contributed by atoms with E-state index in [0.29, 0.717) is 17.6 Å². The molecule has 4 nitrogen and oxygen atoms in total. The lowest BCUT2D eigenvalue weighted by molar-refractivity contribution is 0.101. The van der Waals surface area contributed by atoms with Gasteiger partial charge in [-0.25, -0.2) is 0 Å². The number of aryl methyl sites for hydroxylation is 1. The van der Waals surface area contributed by atoms with Crippen LogP contribution in [0.1, 0.15) is 35.8 Å². The number of rotatable bonds is 5. The zero-order chi connectivity index (χ0) is 17.8. The van der Waals surface area contributed by atoms with Gasteiger partial charge in [-0.05, 0) is 43.0 Å². The van der Waals surface area contributed by atoms with Crippen molar-refractivity contribution in [2.75, 3.05) is 5.32 Å². The van der Waals surface area contributed by atoms with Crippen LogP contribution in [0.5, 0.6) is 0 Å². The standard InChI is InChI=1S/C21H22N2O2/c1-3-4-13-23-19(14-16-7-5-6-8-18(16)21(23)25)20(24)22-17-11-9-15(2)10-12-17/h5-12,14H,3-4,13H2,1-2H3,(H,22,24). The van der Waals surface area contributed by atoms with Crippen LogP contribution in [0.4, 0.5) is 5.69 Å². The number of fused-ring (bicyclic) bond motifs is 1. The topological polar surface area (TPSA) is 51.1 Å². The number of carbonyl (C=O) groups is 1. The highest BCUT2D eigenvalue weighted by Crippen LogP contribution is 2.15. The van der Waals surface area contributed by atoms with Crippen molar-refractivity contribution in [2.45, 2.75) is 33.2 Å². The summed E-state index contributed by atoms with van der Waals surface area (Å²) >= 11 is 0. The molecule has 1 heterocycles. The molecule has 0 aliphatic heterocycles. The lowest BCUT2D eigenvalue weighted by Crippen LogP contribution is -2.29. The number of carbonyl (C=O) groups excluding carboxylic acids is 1. The van der Waals surface area contributed by atoms with E-state index in [9.17, 15) is 9.59 Å². The van der Waals surface area contributed by atoms with Crippen molar-refractivity contribution in [3.8, 4) is 0 Å². The smallest absolute Gasteiger partial charge is 0.272 e. The van der Waals surface area contributed by atoms with Crippen molar-refractivity contribution in [3.05, 3.63) is 76.2 Å². The molecule has 128 valence electrons. The molecule has 0 aliphatic rings. The quantitative estimate of drug-likeness (QED) is 0.753. The molecule has 25 heavy (non-hydrogen) atoms. The third-order valence-electron chi connectivity index (χ3n) is 4.30. The lowest BCUT2D eigenvalue weighted by Gasteiger charge is -2.14. The fourth-order valence-corrected chi connectivity index (χ4v) is 2.86. The van der Waals surface area contributed by atoms with Crippen LogP contribution >= 0.6 is 0 Å². The molecule has 0 spiro atoms. The normalized spacial score (nSPS) is 10.8. The predicted molar refractivity (Wildman–Crippen MR) is 102 cm³/mol. The second-order valence-electron chi connectivity index (χ2n) is 6.25. The molecule has 0 unspecified atom stereocenters. The van der Waals surface area contributed by atoms with Gasteiger partial charge in [-0.3, -0.25) is 9.59 Å². The molecule has 0 atom stereocenters. The number of aromatic nitrogens is 1. The highest BCUT2D eigenvalue weighted by atomic mass is 16.2. The Bertz CT molecular complexity index is 956. The Hall–Kier alpha value is -2.88. The molecule has 2 aromatic carbocycles. The highest BCUT2D eigenvalue weighted by molar-refractivity contribution is 6.05. The Morgan fingerprint density at radius 3 is 2.52 bits per heavy atom. The SMILES string of the molecule is CCCCn1c(C(=O)Nc2ccc(C)cc2)cc2ccccc2c1=O. The maximum atomic E-state index is 12.8. The molecule has 1 amide bonds.